The van der Waals surface area contributed by atoms with Gasteiger partial charge in [-0.25, -0.2) is 9.97 Å². The highest BCUT2D eigenvalue weighted by atomic mass is 16.3. The van der Waals surface area contributed by atoms with Crippen LogP contribution in [-0.4, -0.2) is 26.2 Å². The van der Waals surface area contributed by atoms with Gasteiger partial charge in [-0.05, 0) is 30.7 Å². The van der Waals surface area contributed by atoms with Gasteiger partial charge in [-0.2, -0.15) is 0 Å². The van der Waals surface area contributed by atoms with Crippen molar-refractivity contribution in [2.75, 3.05) is 12.3 Å². The summed E-state index contributed by atoms with van der Waals surface area (Å²) in [6.07, 6.45) is 7.06. The minimum Gasteiger partial charge on any atom is -0.396 e. The molecule has 0 bridgehead atoms. The maximum absolute atomic E-state index is 9.37. The quantitative estimate of drug-likeness (QED) is 0.858. The molecule has 1 aliphatic rings. The topological polar surface area (TPSA) is 77.0 Å². The molecule has 5 nitrogen and oxygen atoms in total. The molecule has 2 aromatic rings. The van der Waals surface area contributed by atoms with Gasteiger partial charge in [0.15, 0.2) is 0 Å². The highest BCUT2D eigenvalue weighted by molar-refractivity contribution is 5.85. The van der Waals surface area contributed by atoms with Gasteiger partial charge in [0.05, 0.1) is 5.39 Å². The number of hydrogen-bond acceptors (Lipinski definition) is 4. The second-order valence-electron chi connectivity index (χ2n) is 5.10. The fraction of sp³-hybridized carbons (Fsp3) is 0.538. The first kappa shape index (κ1) is 11.5. The van der Waals surface area contributed by atoms with E-state index in [1.165, 1.54) is 19.2 Å². The van der Waals surface area contributed by atoms with Crippen molar-refractivity contribution in [3.05, 3.63) is 18.6 Å². The summed E-state index contributed by atoms with van der Waals surface area (Å²) in [6.45, 7) is 1.20. The maximum atomic E-state index is 9.37. The van der Waals surface area contributed by atoms with Crippen LogP contribution in [0.5, 0.6) is 0 Å². The fourth-order valence-corrected chi connectivity index (χ4v) is 3.02. The Hall–Kier alpha value is -1.62. The number of anilines is 1. The molecular weight excluding hydrogens is 228 g/mol. The van der Waals surface area contributed by atoms with Crippen LogP contribution in [-0.2, 0) is 6.54 Å². The first-order valence-corrected chi connectivity index (χ1v) is 6.45. The van der Waals surface area contributed by atoms with Gasteiger partial charge in [-0.3, -0.25) is 0 Å². The van der Waals surface area contributed by atoms with Crippen molar-refractivity contribution in [3.63, 3.8) is 0 Å². The number of fused-ring (bicyclic) bond motifs is 1. The Balaban J connectivity index is 1.89. The number of nitrogens with zero attached hydrogens (tertiary/aromatic N) is 3. The molecule has 0 aliphatic heterocycles. The van der Waals surface area contributed by atoms with Crippen molar-refractivity contribution in [1.29, 1.82) is 0 Å². The molecule has 1 fully saturated rings. The monoisotopic (exact) mass is 246 g/mol. The van der Waals surface area contributed by atoms with E-state index in [1.807, 2.05) is 12.3 Å². The molecule has 0 radical (unpaired) electrons. The van der Waals surface area contributed by atoms with Crippen molar-refractivity contribution >= 4 is 16.9 Å². The van der Waals surface area contributed by atoms with Crippen LogP contribution in [0.25, 0.3) is 11.0 Å². The molecule has 0 unspecified atom stereocenters. The molecule has 0 saturated heterocycles. The van der Waals surface area contributed by atoms with Gasteiger partial charge in [-0.15, -0.1) is 0 Å². The first-order chi connectivity index (χ1) is 8.79. The lowest BCUT2D eigenvalue weighted by Crippen LogP contribution is -2.18. The summed E-state index contributed by atoms with van der Waals surface area (Å²) < 4.78 is 2.13. The van der Waals surface area contributed by atoms with Gasteiger partial charge < -0.3 is 15.4 Å². The van der Waals surface area contributed by atoms with Crippen molar-refractivity contribution in [1.82, 2.24) is 14.5 Å². The minimum atomic E-state index is 0.293. The average Bonchev–Trinajstić information content (AvgIpc) is 2.98. The summed E-state index contributed by atoms with van der Waals surface area (Å²) >= 11 is 0. The van der Waals surface area contributed by atoms with Gasteiger partial charge in [-0.1, -0.05) is 6.42 Å². The lowest BCUT2D eigenvalue weighted by atomic mass is 9.97. The van der Waals surface area contributed by atoms with Crippen LogP contribution in [0.3, 0.4) is 0 Å². The highest BCUT2D eigenvalue weighted by Crippen LogP contribution is 2.33. The molecule has 2 aromatic heterocycles. The average molecular weight is 246 g/mol. The predicted octanol–water partition coefficient (Wildman–Crippen LogP) is 1.42. The summed E-state index contributed by atoms with van der Waals surface area (Å²) in [5.41, 5.74) is 6.72. The van der Waals surface area contributed by atoms with E-state index in [0.29, 0.717) is 24.3 Å². The van der Waals surface area contributed by atoms with Gasteiger partial charge >= 0.3 is 0 Å². The molecule has 18 heavy (non-hydrogen) atoms. The molecule has 2 atom stereocenters. The number of aliphatic hydroxyl groups is 1. The van der Waals surface area contributed by atoms with E-state index in [4.69, 9.17) is 5.73 Å². The maximum Gasteiger partial charge on any atom is 0.145 e. The molecule has 1 saturated carbocycles. The van der Waals surface area contributed by atoms with E-state index in [2.05, 4.69) is 14.5 Å². The Morgan fingerprint density at radius 3 is 3.00 bits per heavy atom. The normalized spacial score (nSPS) is 23.8. The number of nitrogen functional groups attached to an aromatic ring is 1. The number of rotatable bonds is 3. The zero-order chi connectivity index (χ0) is 12.5. The number of aromatic nitrogens is 3. The standard InChI is InChI=1S/C13H18N4O/c14-12-11-4-5-17(13(11)16-8-15-12)6-9-2-1-3-10(9)7-18/h4-5,8-10,18H,1-3,6-7H2,(H2,14,15,16)/t9-,10+/m1/s1. The summed E-state index contributed by atoms with van der Waals surface area (Å²) in [5.74, 6) is 1.51. The van der Waals surface area contributed by atoms with Crippen LogP contribution in [0.1, 0.15) is 19.3 Å². The van der Waals surface area contributed by atoms with Crippen molar-refractivity contribution in [2.24, 2.45) is 11.8 Å². The Labute approximate surface area is 106 Å². The summed E-state index contributed by atoms with van der Waals surface area (Å²) in [6, 6.07) is 1.97. The zero-order valence-electron chi connectivity index (χ0n) is 10.3. The van der Waals surface area contributed by atoms with Crippen LogP contribution < -0.4 is 5.73 Å². The largest absolute Gasteiger partial charge is 0.396 e. The highest BCUT2D eigenvalue weighted by Gasteiger charge is 2.27. The second-order valence-corrected chi connectivity index (χ2v) is 5.10. The number of nitrogens with two attached hydrogens (primary N) is 1. The molecule has 0 spiro atoms. The van der Waals surface area contributed by atoms with Crippen LogP contribution in [0.15, 0.2) is 18.6 Å². The van der Waals surface area contributed by atoms with E-state index in [0.717, 1.165) is 24.0 Å². The fourth-order valence-electron chi connectivity index (χ4n) is 3.02. The molecule has 0 amide bonds. The second kappa shape index (κ2) is 4.57. The Morgan fingerprint density at radius 2 is 2.17 bits per heavy atom. The third-order valence-electron chi connectivity index (χ3n) is 4.07. The van der Waals surface area contributed by atoms with Gasteiger partial charge in [0.1, 0.15) is 17.8 Å². The van der Waals surface area contributed by atoms with E-state index in [9.17, 15) is 5.11 Å². The Kier molecular flexibility index (Phi) is 2.91. The molecule has 0 aromatic carbocycles. The molecular formula is C13H18N4O. The van der Waals surface area contributed by atoms with Crippen molar-refractivity contribution in [3.8, 4) is 0 Å². The zero-order valence-corrected chi connectivity index (χ0v) is 10.3. The van der Waals surface area contributed by atoms with Crippen LogP contribution >= 0.6 is 0 Å². The third-order valence-corrected chi connectivity index (χ3v) is 4.07. The minimum absolute atomic E-state index is 0.293. The van der Waals surface area contributed by atoms with Crippen LogP contribution in [0.4, 0.5) is 5.82 Å². The van der Waals surface area contributed by atoms with E-state index >= 15 is 0 Å². The summed E-state index contributed by atoms with van der Waals surface area (Å²) in [4.78, 5) is 8.30. The van der Waals surface area contributed by atoms with Crippen molar-refractivity contribution < 1.29 is 5.11 Å². The molecule has 1 aliphatic carbocycles. The van der Waals surface area contributed by atoms with E-state index < -0.39 is 0 Å². The molecule has 5 heteroatoms. The number of hydrogen-bond donors (Lipinski definition) is 2. The summed E-state index contributed by atoms with van der Waals surface area (Å²) in [7, 11) is 0. The van der Waals surface area contributed by atoms with Crippen LogP contribution in [0.2, 0.25) is 0 Å². The van der Waals surface area contributed by atoms with Crippen LogP contribution in [0, 0.1) is 11.8 Å². The Bertz CT molecular complexity index is 551. The van der Waals surface area contributed by atoms with E-state index in [-0.39, 0.29) is 0 Å². The predicted molar refractivity (Wildman–Crippen MR) is 69.9 cm³/mol. The van der Waals surface area contributed by atoms with Gasteiger partial charge in [0.2, 0.25) is 0 Å². The van der Waals surface area contributed by atoms with Gasteiger partial charge in [0.25, 0.3) is 0 Å². The molecule has 3 N–H and O–H groups in total. The lowest BCUT2D eigenvalue weighted by Gasteiger charge is -2.18. The summed E-state index contributed by atoms with van der Waals surface area (Å²) in [5, 5.41) is 10.3. The first-order valence-electron chi connectivity index (χ1n) is 6.45. The molecule has 2 heterocycles. The lowest BCUT2D eigenvalue weighted by molar-refractivity contribution is 0.185. The Morgan fingerprint density at radius 1 is 1.33 bits per heavy atom. The van der Waals surface area contributed by atoms with Gasteiger partial charge in [0, 0.05) is 19.3 Å². The molecule has 3 rings (SSSR count). The smallest absolute Gasteiger partial charge is 0.145 e. The molecule has 96 valence electrons. The van der Waals surface area contributed by atoms with E-state index in [1.54, 1.807) is 0 Å². The SMILES string of the molecule is Nc1ncnc2c1ccn2C[C@H]1CCC[C@H]1CO. The van der Waals surface area contributed by atoms with Crippen molar-refractivity contribution in [2.45, 2.75) is 25.8 Å². The number of aliphatic hydroxyl groups excluding tert-OH is 1. The third kappa shape index (κ3) is 1.84.